The maximum atomic E-state index is 6.27. The lowest BCUT2D eigenvalue weighted by Crippen LogP contribution is -2.38. The molecule has 0 N–H and O–H groups in total. The van der Waals surface area contributed by atoms with Crippen molar-refractivity contribution >= 4 is 46.8 Å². The number of fused-ring (bicyclic) bond motifs is 6. The highest BCUT2D eigenvalue weighted by Crippen LogP contribution is 2.34. The van der Waals surface area contributed by atoms with E-state index in [9.17, 15) is 0 Å². The molecule has 138 valence electrons. The Bertz CT molecular complexity index is 1020. The topological polar surface area (TPSA) is 18.5 Å². The van der Waals surface area contributed by atoms with Crippen LogP contribution >= 0.6 is 0 Å². The first kappa shape index (κ1) is 18.2. The minimum Gasteiger partial charge on any atom is -0.393 e. The first-order valence-electron chi connectivity index (χ1n) is 9.90. The van der Waals surface area contributed by atoms with Gasteiger partial charge in [0.1, 0.15) is 0 Å². The first-order chi connectivity index (χ1) is 13.3. The second-order valence-corrected chi connectivity index (χ2v) is 8.89. The summed E-state index contributed by atoms with van der Waals surface area (Å²) in [5, 5.41) is 9.05. The minimum atomic E-state index is -1.97. The smallest absolute Gasteiger partial charge is 0.356 e. The van der Waals surface area contributed by atoms with E-state index < -0.39 is 9.28 Å². The van der Waals surface area contributed by atoms with Gasteiger partial charge in [0, 0.05) is 13.2 Å². The van der Waals surface area contributed by atoms with E-state index in [1.807, 2.05) is 0 Å². The quantitative estimate of drug-likeness (QED) is 0.317. The summed E-state index contributed by atoms with van der Waals surface area (Å²) in [6.07, 6.45) is 2.01. The molecule has 0 saturated carbocycles. The van der Waals surface area contributed by atoms with E-state index in [1.54, 1.807) is 0 Å². The van der Waals surface area contributed by atoms with Crippen molar-refractivity contribution in [3.63, 3.8) is 0 Å². The molecule has 0 bridgehead atoms. The van der Waals surface area contributed by atoms with Gasteiger partial charge in [-0.05, 0) is 50.3 Å². The van der Waals surface area contributed by atoms with Gasteiger partial charge in [0.15, 0.2) is 0 Å². The van der Waals surface area contributed by atoms with Gasteiger partial charge >= 0.3 is 9.28 Å². The van der Waals surface area contributed by atoms with Crippen LogP contribution in [0, 0.1) is 0 Å². The Kier molecular flexibility index (Phi) is 5.53. The monoisotopic (exact) mass is 374 g/mol. The molecule has 0 aliphatic rings. The molecule has 0 aliphatic carbocycles. The predicted molar refractivity (Wildman–Crippen MR) is 118 cm³/mol. The lowest BCUT2D eigenvalue weighted by molar-refractivity contribution is 0.208. The second kappa shape index (κ2) is 8.22. The van der Waals surface area contributed by atoms with E-state index >= 15 is 0 Å². The van der Waals surface area contributed by atoms with Crippen molar-refractivity contribution in [2.75, 3.05) is 13.2 Å². The van der Waals surface area contributed by atoms with Gasteiger partial charge in [0.05, 0.1) is 0 Å². The number of hydrogen-bond donors (Lipinski definition) is 0. The van der Waals surface area contributed by atoms with Crippen LogP contribution < -0.4 is 5.19 Å². The molecule has 0 heterocycles. The molecule has 3 heteroatoms. The fraction of sp³-hybridized carbons (Fsp3) is 0.250. The lowest BCUT2D eigenvalue weighted by atomic mass is 9.94. The molecule has 0 aromatic heterocycles. The zero-order valence-electron chi connectivity index (χ0n) is 16.1. The van der Waals surface area contributed by atoms with Gasteiger partial charge in [-0.2, -0.15) is 0 Å². The van der Waals surface area contributed by atoms with Gasteiger partial charge in [-0.1, -0.05) is 80.6 Å². The molecule has 0 spiro atoms. The Morgan fingerprint density at radius 1 is 0.593 bits per heavy atom. The summed E-state index contributed by atoms with van der Waals surface area (Å²) in [6, 6.07) is 24.0. The molecule has 0 saturated heterocycles. The molecule has 0 amide bonds. The summed E-state index contributed by atoms with van der Waals surface area (Å²) in [6.45, 7) is 5.81. The highest BCUT2D eigenvalue weighted by Gasteiger charge is 2.21. The molecule has 2 nitrogen and oxygen atoms in total. The Morgan fingerprint density at radius 3 is 1.56 bits per heavy atom. The van der Waals surface area contributed by atoms with Crippen LogP contribution in [0.3, 0.4) is 0 Å². The standard InChI is InChI=1S/C24H26O2Si/c1-3-16-25-27(26-17-4-2)23-15-9-14-22-20-11-6-5-10-18(20)19-12-7-8-13-21(19)24(22)23/h5-15,27H,3-4,16-17H2,1-2H3. The molecule has 0 aliphatic heterocycles. The predicted octanol–water partition coefficient (Wildman–Crippen LogP) is 5.43. The fourth-order valence-electron chi connectivity index (χ4n) is 3.86. The van der Waals surface area contributed by atoms with E-state index in [2.05, 4.69) is 80.6 Å². The average molecular weight is 375 g/mol. The third kappa shape index (κ3) is 3.38. The van der Waals surface area contributed by atoms with E-state index in [0.717, 1.165) is 26.1 Å². The molecule has 4 aromatic rings. The van der Waals surface area contributed by atoms with Crippen molar-refractivity contribution < 1.29 is 8.85 Å². The largest absolute Gasteiger partial charge is 0.393 e. The molecule has 4 aromatic carbocycles. The van der Waals surface area contributed by atoms with Gasteiger partial charge < -0.3 is 8.85 Å². The Hall–Kier alpha value is -2.20. The summed E-state index contributed by atoms with van der Waals surface area (Å²) in [5.41, 5.74) is 0. The first-order valence-corrected chi connectivity index (χ1v) is 11.4. The molecule has 0 atom stereocenters. The van der Waals surface area contributed by atoms with E-state index in [-0.39, 0.29) is 0 Å². The van der Waals surface area contributed by atoms with Crippen molar-refractivity contribution in [2.45, 2.75) is 26.7 Å². The van der Waals surface area contributed by atoms with Gasteiger partial charge in [0.2, 0.25) is 0 Å². The van der Waals surface area contributed by atoms with E-state index in [1.165, 1.54) is 37.5 Å². The zero-order valence-corrected chi connectivity index (χ0v) is 17.2. The molecule has 27 heavy (non-hydrogen) atoms. The van der Waals surface area contributed by atoms with Crippen molar-refractivity contribution in [1.82, 2.24) is 0 Å². The average Bonchev–Trinajstić information content (AvgIpc) is 2.74. The van der Waals surface area contributed by atoms with Crippen molar-refractivity contribution in [3.8, 4) is 0 Å². The SMILES string of the molecule is CCCO[SiH](OCCC)c1cccc2c3ccccc3c3ccccc3c12. The summed E-state index contributed by atoms with van der Waals surface area (Å²) in [5.74, 6) is 0. The van der Waals surface area contributed by atoms with Crippen LogP contribution in [0.15, 0.2) is 66.7 Å². The van der Waals surface area contributed by atoms with Crippen LogP contribution in [-0.4, -0.2) is 22.5 Å². The maximum Gasteiger partial charge on any atom is 0.356 e. The lowest BCUT2D eigenvalue weighted by Gasteiger charge is -2.20. The van der Waals surface area contributed by atoms with Gasteiger partial charge in [0.25, 0.3) is 0 Å². The fourth-order valence-corrected chi connectivity index (χ4v) is 6.03. The Labute approximate surface area is 162 Å². The third-order valence-corrected chi connectivity index (χ3v) is 7.07. The summed E-state index contributed by atoms with van der Waals surface area (Å²) >= 11 is 0. The van der Waals surface area contributed by atoms with Crippen LogP contribution in [0.4, 0.5) is 0 Å². The zero-order chi connectivity index (χ0) is 18.6. The van der Waals surface area contributed by atoms with Crippen LogP contribution in [-0.2, 0) is 8.85 Å². The summed E-state index contributed by atoms with van der Waals surface area (Å²) in [4.78, 5) is 0. The number of hydrogen-bond acceptors (Lipinski definition) is 2. The van der Waals surface area contributed by atoms with Crippen LogP contribution in [0.25, 0.3) is 32.3 Å². The number of rotatable bonds is 7. The molecular formula is C24H26O2Si. The normalized spacial score (nSPS) is 11.8. The van der Waals surface area contributed by atoms with Gasteiger partial charge in [-0.25, -0.2) is 0 Å². The second-order valence-electron chi connectivity index (χ2n) is 6.93. The maximum absolute atomic E-state index is 6.27. The summed E-state index contributed by atoms with van der Waals surface area (Å²) in [7, 11) is -1.97. The van der Waals surface area contributed by atoms with Crippen molar-refractivity contribution in [1.29, 1.82) is 0 Å². The van der Waals surface area contributed by atoms with Crippen LogP contribution in [0.1, 0.15) is 26.7 Å². The van der Waals surface area contributed by atoms with Gasteiger partial charge in [-0.15, -0.1) is 0 Å². The number of benzene rings is 4. The molecular weight excluding hydrogens is 348 g/mol. The minimum absolute atomic E-state index is 0.752. The Morgan fingerprint density at radius 2 is 1.04 bits per heavy atom. The van der Waals surface area contributed by atoms with Crippen molar-refractivity contribution in [2.24, 2.45) is 0 Å². The van der Waals surface area contributed by atoms with E-state index in [4.69, 9.17) is 8.85 Å². The highest BCUT2D eigenvalue weighted by molar-refractivity contribution is 6.65. The van der Waals surface area contributed by atoms with E-state index in [0.29, 0.717) is 0 Å². The van der Waals surface area contributed by atoms with Crippen LogP contribution in [0.2, 0.25) is 0 Å². The summed E-state index contributed by atoms with van der Waals surface area (Å²) < 4.78 is 12.5. The Balaban J connectivity index is 2.04. The highest BCUT2D eigenvalue weighted by atomic mass is 28.3. The molecule has 0 unspecified atom stereocenters. The molecule has 0 fully saturated rings. The van der Waals surface area contributed by atoms with Gasteiger partial charge in [-0.3, -0.25) is 0 Å². The molecule has 0 radical (unpaired) electrons. The molecule has 4 rings (SSSR count). The van der Waals surface area contributed by atoms with Crippen LogP contribution in [0.5, 0.6) is 0 Å². The third-order valence-electron chi connectivity index (χ3n) is 5.00. The van der Waals surface area contributed by atoms with Crippen molar-refractivity contribution in [3.05, 3.63) is 66.7 Å².